The zero-order valence-corrected chi connectivity index (χ0v) is 6.84. The molecule has 1 N–H and O–H groups in total. The molecule has 0 aliphatic heterocycles. The molecule has 0 unspecified atom stereocenters. The Bertz CT molecular complexity index is 250. The Hall–Kier alpha value is -0.960. The van der Waals surface area contributed by atoms with Crippen molar-refractivity contribution in [3.05, 3.63) is 31.0 Å². The van der Waals surface area contributed by atoms with Gasteiger partial charge in [0.25, 0.3) is 0 Å². The van der Waals surface area contributed by atoms with Crippen LogP contribution in [-0.2, 0) is 0 Å². The van der Waals surface area contributed by atoms with Crippen LogP contribution in [0, 0.1) is 0 Å². The lowest BCUT2D eigenvalue weighted by Crippen LogP contribution is -1.79. The minimum absolute atomic E-state index is 0.236. The van der Waals surface area contributed by atoms with E-state index < -0.39 is 0 Å². The second kappa shape index (κ2) is 4.03. The summed E-state index contributed by atoms with van der Waals surface area (Å²) < 4.78 is 0. The molecule has 3 heteroatoms. The molecule has 0 fully saturated rings. The van der Waals surface area contributed by atoms with E-state index in [-0.39, 0.29) is 5.75 Å². The summed E-state index contributed by atoms with van der Waals surface area (Å²) in [6.45, 7) is 3.58. The van der Waals surface area contributed by atoms with Gasteiger partial charge in [-0.25, -0.2) is 4.98 Å². The molecule has 1 aromatic heterocycles. The zero-order chi connectivity index (χ0) is 8.10. The molecule has 0 amide bonds. The maximum absolute atomic E-state index is 9.22. The third kappa shape index (κ3) is 2.27. The molecule has 0 aromatic carbocycles. The van der Waals surface area contributed by atoms with Crippen LogP contribution in [0.2, 0.25) is 0 Å². The Kier molecular flexibility index (Phi) is 2.98. The minimum atomic E-state index is 0.236. The SMILES string of the molecule is C=CCSc1ncccc1O. The number of nitrogens with zero attached hydrogens (tertiary/aromatic N) is 1. The molecule has 11 heavy (non-hydrogen) atoms. The van der Waals surface area contributed by atoms with Gasteiger partial charge in [0.1, 0.15) is 10.8 Å². The van der Waals surface area contributed by atoms with Gasteiger partial charge in [0.05, 0.1) is 0 Å². The fourth-order valence-corrected chi connectivity index (χ4v) is 1.26. The minimum Gasteiger partial charge on any atom is -0.505 e. The summed E-state index contributed by atoms with van der Waals surface area (Å²) in [5.41, 5.74) is 0. The van der Waals surface area contributed by atoms with Crippen molar-refractivity contribution in [2.24, 2.45) is 0 Å². The maximum atomic E-state index is 9.22. The first-order valence-corrected chi connectivity index (χ1v) is 4.21. The first-order valence-electron chi connectivity index (χ1n) is 3.22. The van der Waals surface area contributed by atoms with Crippen molar-refractivity contribution in [3.8, 4) is 5.75 Å². The van der Waals surface area contributed by atoms with Crippen molar-refractivity contribution in [1.29, 1.82) is 0 Å². The molecule has 0 spiro atoms. The van der Waals surface area contributed by atoms with Crippen molar-refractivity contribution in [2.75, 3.05) is 5.75 Å². The van der Waals surface area contributed by atoms with E-state index in [1.54, 1.807) is 24.4 Å². The Morgan fingerprint density at radius 1 is 1.73 bits per heavy atom. The van der Waals surface area contributed by atoms with Crippen molar-refractivity contribution in [2.45, 2.75) is 5.03 Å². The first kappa shape index (κ1) is 8.14. The van der Waals surface area contributed by atoms with Gasteiger partial charge in [-0.2, -0.15) is 0 Å². The summed E-state index contributed by atoms with van der Waals surface area (Å²) in [7, 11) is 0. The quantitative estimate of drug-likeness (QED) is 0.552. The summed E-state index contributed by atoms with van der Waals surface area (Å²) in [6.07, 6.45) is 3.43. The highest BCUT2D eigenvalue weighted by molar-refractivity contribution is 7.99. The van der Waals surface area contributed by atoms with Crippen LogP contribution in [-0.4, -0.2) is 15.8 Å². The number of thioether (sulfide) groups is 1. The van der Waals surface area contributed by atoms with Crippen LogP contribution in [0.1, 0.15) is 0 Å². The van der Waals surface area contributed by atoms with Crippen LogP contribution in [0.3, 0.4) is 0 Å². The van der Waals surface area contributed by atoms with Crippen LogP contribution < -0.4 is 0 Å². The van der Waals surface area contributed by atoms with Crippen molar-refractivity contribution < 1.29 is 5.11 Å². The van der Waals surface area contributed by atoms with Gasteiger partial charge in [-0.15, -0.1) is 6.58 Å². The van der Waals surface area contributed by atoms with Crippen LogP contribution in [0.4, 0.5) is 0 Å². The standard InChI is InChI=1S/C8H9NOS/c1-2-6-11-8-7(10)4-3-5-9-8/h2-5,10H,1,6H2. The molecule has 0 saturated heterocycles. The molecule has 58 valence electrons. The Morgan fingerprint density at radius 2 is 2.55 bits per heavy atom. The fourth-order valence-electron chi connectivity index (χ4n) is 0.631. The molecule has 1 rings (SSSR count). The second-order valence-corrected chi connectivity index (χ2v) is 2.94. The van der Waals surface area contributed by atoms with Crippen molar-refractivity contribution >= 4 is 11.8 Å². The lowest BCUT2D eigenvalue weighted by molar-refractivity contribution is 0.457. The summed E-state index contributed by atoms with van der Waals surface area (Å²) >= 11 is 1.47. The molecule has 0 aliphatic rings. The molecule has 1 heterocycles. The second-order valence-electron chi connectivity index (χ2n) is 1.93. The van der Waals surface area contributed by atoms with Crippen LogP contribution in [0.25, 0.3) is 0 Å². The van der Waals surface area contributed by atoms with E-state index in [1.807, 2.05) is 0 Å². The van der Waals surface area contributed by atoms with Gasteiger partial charge >= 0.3 is 0 Å². The molecule has 1 aromatic rings. The molecular weight excluding hydrogens is 158 g/mol. The number of aromatic nitrogens is 1. The van der Waals surface area contributed by atoms with E-state index in [0.717, 1.165) is 5.75 Å². The lowest BCUT2D eigenvalue weighted by Gasteiger charge is -1.98. The monoisotopic (exact) mass is 167 g/mol. The largest absolute Gasteiger partial charge is 0.505 e. The third-order valence-corrected chi connectivity index (χ3v) is 2.08. The molecule has 0 saturated carbocycles. The van der Waals surface area contributed by atoms with E-state index in [4.69, 9.17) is 0 Å². The smallest absolute Gasteiger partial charge is 0.147 e. The Labute approximate surface area is 70.0 Å². The van der Waals surface area contributed by atoms with E-state index in [9.17, 15) is 5.11 Å². The molecule has 0 atom stereocenters. The van der Waals surface area contributed by atoms with Crippen molar-refractivity contribution in [1.82, 2.24) is 4.98 Å². The number of pyridine rings is 1. The molecule has 0 radical (unpaired) electrons. The van der Waals surface area contributed by atoms with Crippen LogP contribution in [0.5, 0.6) is 5.75 Å². The normalized spacial score (nSPS) is 9.45. The molecule has 0 aliphatic carbocycles. The fraction of sp³-hybridized carbons (Fsp3) is 0.125. The Balaban J connectivity index is 2.69. The third-order valence-electron chi connectivity index (χ3n) is 1.09. The van der Waals surface area contributed by atoms with Gasteiger partial charge in [0.2, 0.25) is 0 Å². The van der Waals surface area contributed by atoms with E-state index in [0.29, 0.717) is 5.03 Å². The summed E-state index contributed by atoms with van der Waals surface area (Å²) in [6, 6.07) is 3.33. The first-order chi connectivity index (χ1) is 5.34. The predicted molar refractivity (Wildman–Crippen MR) is 46.8 cm³/mol. The van der Waals surface area contributed by atoms with Gasteiger partial charge in [0.15, 0.2) is 0 Å². The summed E-state index contributed by atoms with van der Waals surface area (Å²) in [5.74, 6) is 1.00. The predicted octanol–water partition coefficient (Wildman–Crippen LogP) is 2.07. The topological polar surface area (TPSA) is 33.1 Å². The number of hydrogen-bond acceptors (Lipinski definition) is 3. The molecular formula is C8H9NOS. The average molecular weight is 167 g/mol. The molecule has 0 bridgehead atoms. The van der Waals surface area contributed by atoms with E-state index in [2.05, 4.69) is 11.6 Å². The van der Waals surface area contributed by atoms with Gasteiger partial charge < -0.3 is 5.11 Å². The van der Waals surface area contributed by atoms with Gasteiger partial charge in [-0.3, -0.25) is 0 Å². The van der Waals surface area contributed by atoms with Crippen LogP contribution >= 0.6 is 11.8 Å². The van der Waals surface area contributed by atoms with E-state index >= 15 is 0 Å². The number of aromatic hydroxyl groups is 1. The summed E-state index contributed by atoms with van der Waals surface area (Å²) in [4.78, 5) is 3.98. The highest BCUT2D eigenvalue weighted by Crippen LogP contribution is 2.24. The maximum Gasteiger partial charge on any atom is 0.147 e. The van der Waals surface area contributed by atoms with Gasteiger partial charge in [0, 0.05) is 11.9 Å². The average Bonchev–Trinajstić information content (AvgIpc) is 2.03. The lowest BCUT2D eigenvalue weighted by atomic mass is 10.5. The van der Waals surface area contributed by atoms with Crippen molar-refractivity contribution in [3.63, 3.8) is 0 Å². The van der Waals surface area contributed by atoms with E-state index in [1.165, 1.54) is 11.8 Å². The summed E-state index contributed by atoms with van der Waals surface area (Å²) in [5, 5.41) is 9.88. The number of rotatable bonds is 3. The molecule has 2 nitrogen and oxygen atoms in total. The highest BCUT2D eigenvalue weighted by atomic mass is 32.2. The Morgan fingerprint density at radius 3 is 3.18 bits per heavy atom. The highest BCUT2D eigenvalue weighted by Gasteiger charge is 1.98. The van der Waals surface area contributed by atoms with Gasteiger partial charge in [-0.05, 0) is 12.1 Å². The van der Waals surface area contributed by atoms with Gasteiger partial charge in [-0.1, -0.05) is 17.8 Å². The number of hydrogen-bond donors (Lipinski definition) is 1. The zero-order valence-electron chi connectivity index (χ0n) is 6.03. The van der Waals surface area contributed by atoms with Crippen LogP contribution in [0.15, 0.2) is 36.0 Å².